The highest BCUT2D eigenvalue weighted by Crippen LogP contribution is 2.25. The van der Waals surface area contributed by atoms with Gasteiger partial charge in [-0.05, 0) is 59.3 Å². The Balaban J connectivity index is 1.55. The van der Waals surface area contributed by atoms with E-state index < -0.39 is 0 Å². The van der Waals surface area contributed by atoms with Crippen LogP contribution in [-0.2, 0) is 19.4 Å². The Morgan fingerprint density at radius 3 is 3.16 bits per heavy atom. The summed E-state index contributed by atoms with van der Waals surface area (Å²) in [6, 6.07) is 8.87. The lowest BCUT2D eigenvalue weighted by molar-refractivity contribution is 0.685. The molecule has 0 radical (unpaired) electrons. The largest absolute Gasteiger partial charge is 0.385 e. The molecule has 3 rings (SSSR count). The number of benzene rings is 1. The van der Waals surface area contributed by atoms with Crippen LogP contribution in [0, 0.1) is 0 Å². The molecule has 0 bridgehead atoms. The first-order valence-corrected chi connectivity index (χ1v) is 7.94. The monoisotopic (exact) mass is 272 g/mol. The van der Waals surface area contributed by atoms with Crippen LogP contribution in [0.4, 0.5) is 5.69 Å². The SMILES string of the molecule is c1cc2c(c(CNCCc3ccsc3)c1)NCCC2. The Bertz CT molecular complexity index is 520. The van der Waals surface area contributed by atoms with Crippen LogP contribution in [0.5, 0.6) is 0 Å². The van der Waals surface area contributed by atoms with Crippen LogP contribution in [0.25, 0.3) is 0 Å². The summed E-state index contributed by atoms with van der Waals surface area (Å²) in [5.41, 5.74) is 5.69. The summed E-state index contributed by atoms with van der Waals surface area (Å²) in [5.74, 6) is 0. The first kappa shape index (κ1) is 12.7. The van der Waals surface area contributed by atoms with E-state index in [2.05, 4.69) is 45.7 Å². The maximum atomic E-state index is 3.55. The van der Waals surface area contributed by atoms with Gasteiger partial charge < -0.3 is 10.6 Å². The van der Waals surface area contributed by atoms with Crippen LogP contribution in [0.3, 0.4) is 0 Å². The van der Waals surface area contributed by atoms with Gasteiger partial charge in [0.05, 0.1) is 0 Å². The van der Waals surface area contributed by atoms with E-state index in [0.717, 1.165) is 26.1 Å². The average Bonchev–Trinajstić information content (AvgIpc) is 2.97. The smallest absolute Gasteiger partial charge is 0.0418 e. The third-order valence-corrected chi connectivity index (χ3v) is 4.38. The van der Waals surface area contributed by atoms with Crippen molar-refractivity contribution in [1.82, 2.24) is 5.32 Å². The van der Waals surface area contributed by atoms with Crippen LogP contribution in [-0.4, -0.2) is 13.1 Å². The molecule has 0 saturated heterocycles. The second kappa shape index (κ2) is 6.22. The van der Waals surface area contributed by atoms with E-state index in [9.17, 15) is 0 Å². The summed E-state index contributed by atoms with van der Waals surface area (Å²) in [5, 5.41) is 11.5. The predicted molar refractivity (Wildman–Crippen MR) is 83.0 cm³/mol. The molecule has 1 aromatic carbocycles. The van der Waals surface area contributed by atoms with Crippen molar-refractivity contribution >= 4 is 17.0 Å². The molecular formula is C16H20N2S. The Kier molecular flexibility index (Phi) is 4.16. The molecule has 2 N–H and O–H groups in total. The second-order valence-electron chi connectivity index (χ2n) is 5.04. The van der Waals surface area contributed by atoms with Crippen LogP contribution in [0.15, 0.2) is 35.0 Å². The summed E-state index contributed by atoms with van der Waals surface area (Å²) in [6.45, 7) is 3.11. The normalized spacial score (nSPS) is 13.9. The van der Waals surface area contributed by atoms with Gasteiger partial charge in [0.2, 0.25) is 0 Å². The molecule has 1 aliphatic heterocycles. The zero-order chi connectivity index (χ0) is 12.9. The van der Waals surface area contributed by atoms with Crippen LogP contribution in [0.2, 0.25) is 0 Å². The average molecular weight is 272 g/mol. The van der Waals surface area contributed by atoms with E-state index in [-0.39, 0.29) is 0 Å². The lowest BCUT2D eigenvalue weighted by atomic mass is 9.99. The van der Waals surface area contributed by atoms with Crippen molar-refractivity contribution in [2.45, 2.75) is 25.8 Å². The molecule has 2 aromatic rings. The first-order chi connectivity index (χ1) is 9.43. The number of hydrogen-bond donors (Lipinski definition) is 2. The van der Waals surface area contributed by atoms with Gasteiger partial charge in [-0.25, -0.2) is 0 Å². The van der Waals surface area contributed by atoms with Gasteiger partial charge in [-0.15, -0.1) is 0 Å². The number of anilines is 1. The molecule has 100 valence electrons. The van der Waals surface area contributed by atoms with Crippen molar-refractivity contribution < 1.29 is 0 Å². The number of para-hydroxylation sites is 1. The van der Waals surface area contributed by atoms with Crippen molar-refractivity contribution in [3.63, 3.8) is 0 Å². The highest BCUT2D eigenvalue weighted by Gasteiger charge is 2.11. The molecule has 0 atom stereocenters. The highest BCUT2D eigenvalue weighted by atomic mass is 32.1. The van der Waals surface area contributed by atoms with Crippen molar-refractivity contribution in [2.24, 2.45) is 0 Å². The topological polar surface area (TPSA) is 24.1 Å². The molecular weight excluding hydrogens is 252 g/mol. The number of aryl methyl sites for hydroxylation is 1. The van der Waals surface area contributed by atoms with Crippen LogP contribution in [0.1, 0.15) is 23.1 Å². The van der Waals surface area contributed by atoms with Gasteiger partial charge in [-0.3, -0.25) is 0 Å². The van der Waals surface area contributed by atoms with Crippen LogP contribution < -0.4 is 10.6 Å². The lowest BCUT2D eigenvalue weighted by Crippen LogP contribution is -2.20. The summed E-state index contributed by atoms with van der Waals surface area (Å²) in [6.07, 6.45) is 3.58. The van der Waals surface area contributed by atoms with E-state index in [1.54, 1.807) is 11.3 Å². The molecule has 0 aliphatic carbocycles. The molecule has 1 aromatic heterocycles. The van der Waals surface area contributed by atoms with Gasteiger partial charge in [0.1, 0.15) is 0 Å². The predicted octanol–water partition coefficient (Wildman–Crippen LogP) is 3.44. The molecule has 0 amide bonds. The summed E-state index contributed by atoms with van der Waals surface area (Å²) in [7, 11) is 0. The maximum Gasteiger partial charge on any atom is 0.0418 e. The van der Waals surface area contributed by atoms with E-state index >= 15 is 0 Å². The Morgan fingerprint density at radius 1 is 1.26 bits per heavy atom. The minimum Gasteiger partial charge on any atom is -0.385 e. The van der Waals surface area contributed by atoms with E-state index in [1.165, 1.54) is 35.2 Å². The molecule has 3 heteroatoms. The number of nitrogens with one attached hydrogen (secondary N) is 2. The fourth-order valence-electron chi connectivity index (χ4n) is 2.62. The number of fused-ring (bicyclic) bond motifs is 1. The molecule has 2 heterocycles. The van der Waals surface area contributed by atoms with Gasteiger partial charge in [0.25, 0.3) is 0 Å². The molecule has 0 spiro atoms. The van der Waals surface area contributed by atoms with Crippen molar-refractivity contribution in [2.75, 3.05) is 18.4 Å². The third kappa shape index (κ3) is 3.17. The fourth-order valence-corrected chi connectivity index (χ4v) is 3.32. The van der Waals surface area contributed by atoms with Gasteiger partial charge in [-0.1, -0.05) is 18.2 Å². The minimum absolute atomic E-state index is 0.959. The molecule has 0 saturated carbocycles. The van der Waals surface area contributed by atoms with Gasteiger partial charge >= 0.3 is 0 Å². The highest BCUT2D eigenvalue weighted by molar-refractivity contribution is 7.07. The number of rotatable bonds is 5. The third-order valence-electron chi connectivity index (χ3n) is 3.65. The van der Waals surface area contributed by atoms with Crippen molar-refractivity contribution in [3.8, 4) is 0 Å². The fraction of sp³-hybridized carbons (Fsp3) is 0.375. The van der Waals surface area contributed by atoms with E-state index in [0.29, 0.717) is 0 Å². The van der Waals surface area contributed by atoms with Crippen molar-refractivity contribution in [3.05, 3.63) is 51.7 Å². The number of hydrogen-bond acceptors (Lipinski definition) is 3. The Labute approximate surface area is 118 Å². The lowest BCUT2D eigenvalue weighted by Gasteiger charge is -2.21. The molecule has 0 unspecified atom stereocenters. The zero-order valence-corrected chi connectivity index (χ0v) is 11.9. The standard InChI is InChI=1S/C16H20N2S/c1-3-14-5-2-8-18-16(14)15(4-1)11-17-9-6-13-7-10-19-12-13/h1,3-4,7,10,12,17-18H,2,5-6,8-9,11H2. The zero-order valence-electron chi connectivity index (χ0n) is 11.1. The van der Waals surface area contributed by atoms with Crippen molar-refractivity contribution in [1.29, 1.82) is 0 Å². The van der Waals surface area contributed by atoms with E-state index in [1.807, 2.05) is 0 Å². The van der Waals surface area contributed by atoms with Gasteiger partial charge in [0.15, 0.2) is 0 Å². The molecule has 1 aliphatic rings. The van der Waals surface area contributed by atoms with Crippen LogP contribution >= 0.6 is 11.3 Å². The second-order valence-corrected chi connectivity index (χ2v) is 5.82. The quantitative estimate of drug-likeness (QED) is 0.815. The number of thiophene rings is 1. The Hall–Kier alpha value is -1.32. The van der Waals surface area contributed by atoms with Gasteiger partial charge in [-0.2, -0.15) is 11.3 Å². The Morgan fingerprint density at radius 2 is 2.26 bits per heavy atom. The summed E-state index contributed by atoms with van der Waals surface area (Å²) in [4.78, 5) is 0. The van der Waals surface area contributed by atoms with E-state index in [4.69, 9.17) is 0 Å². The summed E-state index contributed by atoms with van der Waals surface area (Å²) >= 11 is 1.77. The first-order valence-electron chi connectivity index (χ1n) is 7.00. The minimum atomic E-state index is 0.959. The molecule has 2 nitrogen and oxygen atoms in total. The summed E-state index contributed by atoms with van der Waals surface area (Å²) < 4.78 is 0. The maximum absolute atomic E-state index is 3.55. The molecule has 19 heavy (non-hydrogen) atoms. The molecule has 0 fully saturated rings. The van der Waals surface area contributed by atoms with Gasteiger partial charge in [0, 0.05) is 18.8 Å².